The van der Waals surface area contributed by atoms with E-state index in [-0.39, 0.29) is 5.91 Å². The van der Waals surface area contributed by atoms with Crippen LogP contribution in [-0.2, 0) is 16.2 Å². The Morgan fingerprint density at radius 2 is 2.10 bits per heavy atom. The summed E-state index contributed by atoms with van der Waals surface area (Å²) in [6.07, 6.45) is 1.46. The van der Waals surface area contributed by atoms with E-state index >= 15 is 0 Å². The Balaban J connectivity index is 1.36. The van der Waals surface area contributed by atoms with Crippen molar-refractivity contribution in [3.63, 3.8) is 0 Å². The van der Waals surface area contributed by atoms with Crippen molar-refractivity contribution in [3.8, 4) is 0 Å². The van der Waals surface area contributed by atoms with Crippen LogP contribution in [0.25, 0.3) is 0 Å². The second-order valence-electron chi connectivity index (χ2n) is 6.47. The Morgan fingerprint density at radius 3 is 2.90 bits per heavy atom. The summed E-state index contributed by atoms with van der Waals surface area (Å²) in [6.45, 7) is 0.460. The summed E-state index contributed by atoms with van der Waals surface area (Å²) in [4.78, 5) is 17.8. The lowest BCUT2D eigenvalue weighted by molar-refractivity contribution is -0.125. The molecule has 0 aliphatic carbocycles. The fraction of sp³-hybridized carbons (Fsp3) is 0.150. The van der Waals surface area contributed by atoms with Crippen molar-refractivity contribution in [2.24, 2.45) is 5.16 Å². The zero-order valence-electron chi connectivity index (χ0n) is 15.0. The number of carbonyl (C=O) groups excluding carboxylic acids is 1. The molecule has 1 aliphatic heterocycles. The topological polar surface area (TPSA) is 68.5 Å². The number of benzene rings is 2. The molecule has 6 nitrogen and oxygen atoms in total. The number of carbonyl (C=O) groups is 1. The number of nitrogens with zero attached hydrogens (tertiary/aromatic N) is 3. The van der Waals surface area contributed by atoms with Gasteiger partial charge in [-0.25, -0.2) is 0 Å². The average molecular weight is 494 g/mol. The molecule has 2 heterocycles. The first-order valence-corrected chi connectivity index (χ1v) is 10.3. The minimum absolute atomic E-state index is 0.298. The summed E-state index contributed by atoms with van der Waals surface area (Å²) in [6, 6.07) is 14.7. The van der Waals surface area contributed by atoms with Gasteiger partial charge in [0.05, 0.1) is 12.3 Å². The second-order valence-corrected chi connectivity index (χ2v) is 8.23. The molecule has 3 aromatic rings. The molecule has 29 heavy (non-hydrogen) atoms. The number of hydrogen-bond donors (Lipinski definition) is 1. The van der Waals surface area contributed by atoms with Crippen molar-refractivity contribution in [2.45, 2.75) is 19.1 Å². The van der Waals surface area contributed by atoms with Gasteiger partial charge in [-0.2, -0.15) is 5.10 Å². The van der Waals surface area contributed by atoms with E-state index in [0.717, 1.165) is 21.3 Å². The van der Waals surface area contributed by atoms with Crippen LogP contribution in [-0.4, -0.2) is 27.5 Å². The summed E-state index contributed by atoms with van der Waals surface area (Å²) in [7, 11) is 0. The van der Waals surface area contributed by atoms with Crippen molar-refractivity contribution in [1.29, 1.82) is 0 Å². The lowest BCUT2D eigenvalue weighted by Gasteiger charge is -2.08. The number of aromatic nitrogens is 2. The number of amides is 1. The van der Waals surface area contributed by atoms with Crippen LogP contribution in [0.4, 0.5) is 5.82 Å². The molecule has 148 valence electrons. The van der Waals surface area contributed by atoms with Gasteiger partial charge in [-0.1, -0.05) is 62.5 Å². The lowest BCUT2D eigenvalue weighted by atomic mass is 10.0. The Hall–Kier alpha value is -2.35. The van der Waals surface area contributed by atoms with Gasteiger partial charge in [0.1, 0.15) is 0 Å². The van der Waals surface area contributed by atoms with E-state index in [0.29, 0.717) is 28.8 Å². The number of halogens is 3. The fourth-order valence-corrected chi connectivity index (χ4v) is 3.77. The molecule has 1 unspecified atom stereocenters. The maximum atomic E-state index is 12.5. The van der Waals surface area contributed by atoms with Crippen molar-refractivity contribution in [1.82, 2.24) is 9.78 Å². The largest absolute Gasteiger partial charge is 0.382 e. The third-order valence-electron chi connectivity index (χ3n) is 4.36. The van der Waals surface area contributed by atoms with Crippen LogP contribution < -0.4 is 5.32 Å². The van der Waals surface area contributed by atoms with Crippen LogP contribution in [0, 0.1) is 0 Å². The van der Waals surface area contributed by atoms with Crippen molar-refractivity contribution >= 4 is 56.6 Å². The van der Waals surface area contributed by atoms with Gasteiger partial charge < -0.3 is 10.2 Å². The predicted octanol–water partition coefficient (Wildman–Crippen LogP) is 5.13. The molecule has 1 aromatic heterocycles. The first-order chi connectivity index (χ1) is 14.0. The Morgan fingerprint density at radius 1 is 1.24 bits per heavy atom. The molecule has 1 atom stereocenters. The smallest absolute Gasteiger partial charge is 0.269 e. The van der Waals surface area contributed by atoms with Gasteiger partial charge in [0.15, 0.2) is 5.82 Å². The van der Waals surface area contributed by atoms with E-state index in [1.807, 2.05) is 30.3 Å². The zero-order valence-corrected chi connectivity index (χ0v) is 18.1. The van der Waals surface area contributed by atoms with Gasteiger partial charge in [-0.3, -0.25) is 9.48 Å². The normalized spacial score (nSPS) is 15.7. The third-order valence-corrected chi connectivity index (χ3v) is 5.44. The average Bonchev–Trinajstić information content (AvgIpc) is 3.34. The van der Waals surface area contributed by atoms with Crippen molar-refractivity contribution < 1.29 is 9.63 Å². The number of anilines is 1. The molecule has 9 heteroatoms. The van der Waals surface area contributed by atoms with E-state index in [9.17, 15) is 4.79 Å². The molecule has 0 saturated carbocycles. The molecule has 1 N–H and O–H groups in total. The van der Waals surface area contributed by atoms with Gasteiger partial charge in [-0.15, -0.1) is 0 Å². The summed E-state index contributed by atoms with van der Waals surface area (Å²) in [5, 5.41) is 12.3. The number of oxime groups is 1. The van der Waals surface area contributed by atoms with E-state index in [4.69, 9.17) is 28.0 Å². The molecule has 1 amide bonds. The molecule has 0 bridgehead atoms. The monoisotopic (exact) mass is 492 g/mol. The van der Waals surface area contributed by atoms with Gasteiger partial charge in [0.25, 0.3) is 5.91 Å². The Labute approximate surface area is 185 Å². The van der Waals surface area contributed by atoms with Crippen LogP contribution in [0.5, 0.6) is 0 Å². The van der Waals surface area contributed by atoms with Crippen LogP contribution in [0.3, 0.4) is 0 Å². The summed E-state index contributed by atoms with van der Waals surface area (Å²) >= 11 is 15.6. The summed E-state index contributed by atoms with van der Waals surface area (Å²) in [5.41, 5.74) is 2.52. The highest BCUT2D eigenvalue weighted by Gasteiger charge is 2.29. The molecule has 1 aliphatic rings. The second kappa shape index (κ2) is 8.57. The predicted molar refractivity (Wildman–Crippen MR) is 117 cm³/mol. The molecule has 4 rings (SSSR count). The van der Waals surface area contributed by atoms with Gasteiger partial charge in [0, 0.05) is 38.8 Å². The first-order valence-electron chi connectivity index (χ1n) is 8.75. The molecule has 0 spiro atoms. The molecular weight excluding hydrogens is 479 g/mol. The van der Waals surface area contributed by atoms with E-state index < -0.39 is 6.10 Å². The highest BCUT2D eigenvalue weighted by Crippen LogP contribution is 2.23. The molecule has 0 radical (unpaired) electrons. The van der Waals surface area contributed by atoms with Gasteiger partial charge in [0.2, 0.25) is 6.10 Å². The number of nitrogens with one attached hydrogen (secondary N) is 1. The van der Waals surface area contributed by atoms with Gasteiger partial charge in [-0.05, 0) is 29.8 Å². The minimum atomic E-state index is -0.695. The molecule has 0 fully saturated rings. The van der Waals surface area contributed by atoms with Crippen LogP contribution in [0.1, 0.15) is 17.5 Å². The maximum Gasteiger partial charge on any atom is 0.269 e. The highest BCUT2D eigenvalue weighted by atomic mass is 79.9. The number of hydrogen-bond acceptors (Lipinski definition) is 4. The number of rotatable bonds is 5. The van der Waals surface area contributed by atoms with Crippen LogP contribution >= 0.6 is 39.1 Å². The highest BCUT2D eigenvalue weighted by molar-refractivity contribution is 9.10. The van der Waals surface area contributed by atoms with Crippen LogP contribution in [0.2, 0.25) is 10.0 Å². The standard InChI is InChI=1S/C20H15BrCl2N4O2/c21-14-3-1-2-12(8-14)17-10-18(29-26-17)20(28)24-19-6-7-27(25-19)11-13-4-5-15(22)9-16(13)23/h1-9,18H,10-11H2,(H,24,25,28). The first kappa shape index (κ1) is 19.9. The van der Waals surface area contributed by atoms with E-state index in [1.54, 1.807) is 29.1 Å². The molecule has 0 saturated heterocycles. The SMILES string of the molecule is O=C(Nc1ccn(Cc2ccc(Cl)cc2Cl)n1)C1CC(c2cccc(Br)c2)=NO1. The van der Waals surface area contributed by atoms with Gasteiger partial charge >= 0.3 is 0 Å². The van der Waals surface area contributed by atoms with E-state index in [2.05, 4.69) is 31.5 Å². The fourth-order valence-electron chi connectivity index (χ4n) is 2.90. The minimum Gasteiger partial charge on any atom is -0.382 e. The Bertz CT molecular complexity index is 1100. The quantitative estimate of drug-likeness (QED) is 0.535. The van der Waals surface area contributed by atoms with E-state index in [1.165, 1.54) is 0 Å². The van der Waals surface area contributed by atoms with Crippen LogP contribution in [0.15, 0.2) is 64.4 Å². The lowest BCUT2D eigenvalue weighted by Crippen LogP contribution is -2.28. The Kier molecular flexibility index (Phi) is 5.89. The molecule has 2 aromatic carbocycles. The maximum absolute atomic E-state index is 12.5. The van der Waals surface area contributed by atoms with Crippen molar-refractivity contribution in [2.75, 3.05) is 5.32 Å². The molecular formula is C20H15BrCl2N4O2. The zero-order chi connectivity index (χ0) is 20.4. The summed E-state index contributed by atoms with van der Waals surface area (Å²) in [5.74, 6) is 0.133. The van der Waals surface area contributed by atoms with Crippen molar-refractivity contribution in [3.05, 3.63) is 80.4 Å². The summed E-state index contributed by atoms with van der Waals surface area (Å²) < 4.78 is 2.63. The third kappa shape index (κ3) is 4.80.